The van der Waals surface area contributed by atoms with Gasteiger partial charge in [0.1, 0.15) is 24.5 Å². The molecule has 0 fully saturated rings. The van der Waals surface area contributed by atoms with E-state index in [0.717, 1.165) is 22.5 Å². The Bertz CT molecular complexity index is 740. The van der Waals surface area contributed by atoms with Crippen molar-refractivity contribution in [1.29, 1.82) is 0 Å². The fourth-order valence-corrected chi connectivity index (χ4v) is 2.09. The number of fused-ring (bicyclic) bond motifs is 1. The van der Waals surface area contributed by atoms with E-state index < -0.39 is 0 Å². The first-order valence-corrected chi connectivity index (χ1v) is 6.75. The molecule has 0 aliphatic rings. The van der Waals surface area contributed by atoms with E-state index in [-0.39, 0.29) is 0 Å². The van der Waals surface area contributed by atoms with E-state index in [9.17, 15) is 0 Å². The maximum absolute atomic E-state index is 5.70. The Kier molecular flexibility index (Phi) is 3.82. The van der Waals surface area contributed by atoms with Gasteiger partial charge < -0.3 is 15.8 Å². The monoisotopic (exact) mass is 280 g/mol. The van der Waals surface area contributed by atoms with E-state index >= 15 is 0 Å². The van der Waals surface area contributed by atoms with Crippen molar-refractivity contribution in [2.45, 2.75) is 0 Å². The molecule has 1 heterocycles. The number of nitrogens with two attached hydrogens (primary N) is 1. The minimum absolute atomic E-state index is 0.530. The van der Waals surface area contributed by atoms with Gasteiger partial charge in [0.15, 0.2) is 0 Å². The number of nitrogens with zero attached hydrogens (tertiary/aromatic N) is 2. The molecule has 0 bridgehead atoms. The molecule has 2 aromatic carbocycles. The molecule has 21 heavy (non-hydrogen) atoms. The number of para-hydroxylation sites is 1. The molecule has 0 spiro atoms. The highest BCUT2D eigenvalue weighted by molar-refractivity contribution is 5.88. The maximum Gasteiger partial charge on any atom is 0.137 e. The van der Waals surface area contributed by atoms with Crippen molar-refractivity contribution in [3.05, 3.63) is 54.9 Å². The van der Waals surface area contributed by atoms with Crippen LogP contribution in [-0.4, -0.2) is 23.1 Å². The average Bonchev–Trinajstić information content (AvgIpc) is 2.52. The number of nitrogens with one attached hydrogen (secondary N) is 1. The SMILES string of the molecule is Nc1cccc(OCCNc2ncnc3ccccc23)c1. The lowest BCUT2D eigenvalue weighted by atomic mass is 10.2. The van der Waals surface area contributed by atoms with Gasteiger partial charge in [0.05, 0.1) is 12.1 Å². The van der Waals surface area contributed by atoms with E-state index in [2.05, 4.69) is 15.3 Å². The van der Waals surface area contributed by atoms with E-state index in [1.165, 1.54) is 0 Å². The number of nitrogen functional groups attached to an aromatic ring is 1. The zero-order valence-electron chi connectivity index (χ0n) is 11.5. The van der Waals surface area contributed by atoms with Crippen molar-refractivity contribution in [2.24, 2.45) is 0 Å². The van der Waals surface area contributed by atoms with Crippen LogP contribution >= 0.6 is 0 Å². The molecule has 3 rings (SSSR count). The molecule has 0 saturated heterocycles. The molecular formula is C16H16N4O. The molecular weight excluding hydrogens is 264 g/mol. The average molecular weight is 280 g/mol. The van der Waals surface area contributed by atoms with Gasteiger partial charge >= 0.3 is 0 Å². The summed E-state index contributed by atoms with van der Waals surface area (Å²) in [7, 11) is 0. The Hall–Kier alpha value is -2.82. The minimum Gasteiger partial charge on any atom is -0.492 e. The highest BCUT2D eigenvalue weighted by Crippen LogP contribution is 2.18. The molecule has 0 unspecified atom stereocenters. The van der Waals surface area contributed by atoms with Gasteiger partial charge in [-0.1, -0.05) is 18.2 Å². The lowest BCUT2D eigenvalue weighted by molar-refractivity contribution is 0.333. The van der Waals surface area contributed by atoms with Gasteiger partial charge in [0, 0.05) is 17.1 Å². The molecule has 0 atom stereocenters. The second-order valence-corrected chi connectivity index (χ2v) is 4.59. The van der Waals surface area contributed by atoms with Crippen molar-refractivity contribution in [3.8, 4) is 5.75 Å². The summed E-state index contributed by atoms with van der Waals surface area (Å²) < 4.78 is 5.63. The first-order valence-electron chi connectivity index (χ1n) is 6.75. The number of hydrogen-bond acceptors (Lipinski definition) is 5. The summed E-state index contributed by atoms with van der Waals surface area (Å²) in [6, 6.07) is 15.3. The molecule has 0 radical (unpaired) electrons. The van der Waals surface area contributed by atoms with E-state index in [1.807, 2.05) is 42.5 Å². The first kappa shape index (κ1) is 13.2. The number of rotatable bonds is 5. The number of anilines is 2. The van der Waals surface area contributed by atoms with Crippen LogP contribution in [0.5, 0.6) is 5.75 Å². The zero-order valence-corrected chi connectivity index (χ0v) is 11.5. The van der Waals surface area contributed by atoms with Gasteiger partial charge in [-0.2, -0.15) is 0 Å². The molecule has 0 saturated carbocycles. The number of benzene rings is 2. The molecule has 1 aromatic heterocycles. The van der Waals surface area contributed by atoms with Crippen molar-refractivity contribution in [2.75, 3.05) is 24.2 Å². The quantitative estimate of drug-likeness (QED) is 0.555. The lowest BCUT2D eigenvalue weighted by Crippen LogP contribution is -2.12. The van der Waals surface area contributed by atoms with Crippen molar-refractivity contribution >= 4 is 22.4 Å². The fourth-order valence-electron chi connectivity index (χ4n) is 2.09. The Morgan fingerprint density at radius 3 is 2.86 bits per heavy atom. The Morgan fingerprint density at radius 1 is 1.05 bits per heavy atom. The molecule has 3 aromatic rings. The van der Waals surface area contributed by atoms with Crippen LogP contribution in [0.2, 0.25) is 0 Å². The fraction of sp³-hybridized carbons (Fsp3) is 0.125. The van der Waals surface area contributed by atoms with Gasteiger partial charge in [-0.05, 0) is 24.3 Å². The topological polar surface area (TPSA) is 73.1 Å². The normalized spacial score (nSPS) is 10.5. The Balaban J connectivity index is 1.60. The molecule has 0 aliphatic heterocycles. The third-order valence-electron chi connectivity index (χ3n) is 3.06. The van der Waals surface area contributed by atoms with E-state index in [0.29, 0.717) is 18.8 Å². The highest BCUT2D eigenvalue weighted by Gasteiger charge is 2.02. The van der Waals surface area contributed by atoms with Gasteiger partial charge in [-0.15, -0.1) is 0 Å². The summed E-state index contributed by atoms with van der Waals surface area (Å²) in [5.41, 5.74) is 7.32. The van der Waals surface area contributed by atoms with E-state index in [1.54, 1.807) is 12.4 Å². The minimum atomic E-state index is 0.530. The van der Waals surface area contributed by atoms with Gasteiger partial charge in [0.25, 0.3) is 0 Å². The van der Waals surface area contributed by atoms with Crippen LogP contribution in [-0.2, 0) is 0 Å². The van der Waals surface area contributed by atoms with Crippen LogP contribution in [0.3, 0.4) is 0 Å². The predicted molar refractivity (Wildman–Crippen MR) is 84.4 cm³/mol. The molecule has 5 heteroatoms. The van der Waals surface area contributed by atoms with Gasteiger partial charge in [-0.25, -0.2) is 9.97 Å². The zero-order chi connectivity index (χ0) is 14.5. The maximum atomic E-state index is 5.70. The third-order valence-corrected chi connectivity index (χ3v) is 3.06. The summed E-state index contributed by atoms with van der Waals surface area (Å²) in [5, 5.41) is 4.27. The molecule has 106 valence electrons. The van der Waals surface area contributed by atoms with Crippen LogP contribution in [0.1, 0.15) is 0 Å². The summed E-state index contributed by atoms with van der Waals surface area (Å²) in [4.78, 5) is 8.50. The standard InChI is InChI=1S/C16H16N4O/c17-12-4-3-5-13(10-12)21-9-8-18-16-14-6-1-2-7-15(14)19-11-20-16/h1-7,10-11H,8-9,17H2,(H,18,19,20). The van der Waals surface area contributed by atoms with Gasteiger partial charge in [-0.3, -0.25) is 0 Å². The van der Waals surface area contributed by atoms with Crippen molar-refractivity contribution < 1.29 is 4.74 Å². The van der Waals surface area contributed by atoms with Crippen molar-refractivity contribution in [1.82, 2.24) is 9.97 Å². The molecule has 0 aliphatic carbocycles. The molecule has 3 N–H and O–H groups in total. The predicted octanol–water partition coefficient (Wildman–Crippen LogP) is 2.70. The number of hydrogen-bond donors (Lipinski definition) is 2. The largest absolute Gasteiger partial charge is 0.492 e. The molecule has 0 amide bonds. The number of aromatic nitrogens is 2. The number of ether oxygens (including phenoxy) is 1. The first-order chi connectivity index (χ1) is 10.3. The second kappa shape index (κ2) is 6.09. The van der Waals surface area contributed by atoms with E-state index in [4.69, 9.17) is 10.5 Å². The summed E-state index contributed by atoms with van der Waals surface area (Å²) >= 11 is 0. The van der Waals surface area contributed by atoms with Crippen LogP contribution in [0.15, 0.2) is 54.9 Å². The summed E-state index contributed by atoms with van der Waals surface area (Å²) in [6.07, 6.45) is 1.56. The highest BCUT2D eigenvalue weighted by atomic mass is 16.5. The summed E-state index contributed by atoms with van der Waals surface area (Å²) in [6.45, 7) is 1.18. The lowest BCUT2D eigenvalue weighted by Gasteiger charge is -2.10. The molecule has 5 nitrogen and oxygen atoms in total. The Labute approximate surface area is 122 Å². The van der Waals surface area contributed by atoms with Crippen LogP contribution in [0, 0.1) is 0 Å². The van der Waals surface area contributed by atoms with Crippen LogP contribution in [0.25, 0.3) is 10.9 Å². The van der Waals surface area contributed by atoms with Crippen LogP contribution < -0.4 is 15.8 Å². The van der Waals surface area contributed by atoms with Crippen molar-refractivity contribution in [3.63, 3.8) is 0 Å². The summed E-state index contributed by atoms with van der Waals surface area (Å²) in [5.74, 6) is 1.58. The Morgan fingerprint density at radius 2 is 1.95 bits per heavy atom. The smallest absolute Gasteiger partial charge is 0.137 e. The van der Waals surface area contributed by atoms with Crippen LogP contribution in [0.4, 0.5) is 11.5 Å². The van der Waals surface area contributed by atoms with Gasteiger partial charge in [0.2, 0.25) is 0 Å². The second-order valence-electron chi connectivity index (χ2n) is 4.59. The third kappa shape index (κ3) is 3.20.